The van der Waals surface area contributed by atoms with Crippen LogP contribution in [0.25, 0.3) is 0 Å². The molecule has 1 N–H and O–H groups in total. The highest BCUT2D eigenvalue weighted by molar-refractivity contribution is 6.04. The van der Waals surface area contributed by atoms with Gasteiger partial charge in [0, 0.05) is 13.1 Å². The highest BCUT2D eigenvalue weighted by Crippen LogP contribution is 2.22. The number of para-hydroxylation sites is 1. The Labute approximate surface area is 171 Å². The minimum absolute atomic E-state index is 0.106. The normalized spacial score (nSPS) is 14.9. The fourth-order valence-electron chi connectivity index (χ4n) is 3.18. The van der Waals surface area contributed by atoms with Crippen molar-refractivity contribution in [3.8, 4) is 5.75 Å². The van der Waals surface area contributed by atoms with Crippen LogP contribution in [0.2, 0.25) is 0 Å². The fourth-order valence-corrected chi connectivity index (χ4v) is 3.18. The van der Waals surface area contributed by atoms with Gasteiger partial charge in [-0.3, -0.25) is 9.59 Å². The second-order valence-corrected chi connectivity index (χ2v) is 7.17. The molecule has 1 heterocycles. The van der Waals surface area contributed by atoms with E-state index in [-0.39, 0.29) is 18.4 Å². The maximum Gasteiger partial charge on any atom is 0.262 e. The van der Waals surface area contributed by atoms with E-state index in [0.29, 0.717) is 49.2 Å². The molecule has 2 aromatic rings. The van der Waals surface area contributed by atoms with Crippen molar-refractivity contribution in [1.29, 1.82) is 0 Å². The van der Waals surface area contributed by atoms with Crippen molar-refractivity contribution in [2.24, 2.45) is 0 Å². The number of morpholine rings is 1. The van der Waals surface area contributed by atoms with Crippen LogP contribution in [-0.2, 0) is 9.53 Å². The average molecular weight is 396 g/mol. The predicted octanol–water partition coefficient (Wildman–Crippen LogP) is 3.69. The molecule has 2 amide bonds. The Morgan fingerprint density at radius 2 is 1.79 bits per heavy atom. The zero-order chi connectivity index (χ0) is 20.6. The number of carbonyl (C=O) groups excluding carboxylic acids is 2. The summed E-state index contributed by atoms with van der Waals surface area (Å²) in [6, 6.07) is 14.8. The zero-order valence-electron chi connectivity index (χ0n) is 17.0. The van der Waals surface area contributed by atoms with Crippen molar-refractivity contribution in [3.63, 3.8) is 0 Å². The molecule has 0 unspecified atom stereocenters. The summed E-state index contributed by atoms with van der Waals surface area (Å²) >= 11 is 0. The average Bonchev–Trinajstić information content (AvgIpc) is 2.78. The molecular formula is C23H28N2O4. The van der Waals surface area contributed by atoms with Crippen LogP contribution in [0.4, 0.5) is 5.69 Å². The second kappa shape index (κ2) is 10.1. The molecule has 1 saturated heterocycles. The number of amides is 2. The summed E-state index contributed by atoms with van der Waals surface area (Å²) in [5.41, 5.74) is 2.21. The van der Waals surface area contributed by atoms with Gasteiger partial charge in [-0.2, -0.15) is 0 Å². The third-order valence-corrected chi connectivity index (χ3v) is 5.16. The van der Waals surface area contributed by atoms with E-state index in [4.69, 9.17) is 9.47 Å². The summed E-state index contributed by atoms with van der Waals surface area (Å²) in [6.45, 7) is 6.38. The molecule has 1 fully saturated rings. The molecule has 0 bridgehead atoms. The number of ether oxygens (including phenoxy) is 2. The molecule has 2 aromatic carbocycles. The molecule has 29 heavy (non-hydrogen) atoms. The van der Waals surface area contributed by atoms with Crippen LogP contribution in [-0.4, -0.2) is 49.6 Å². The number of rotatable bonds is 7. The van der Waals surface area contributed by atoms with E-state index in [9.17, 15) is 9.59 Å². The van der Waals surface area contributed by atoms with Crippen molar-refractivity contribution in [2.75, 3.05) is 38.2 Å². The van der Waals surface area contributed by atoms with Crippen LogP contribution < -0.4 is 10.1 Å². The van der Waals surface area contributed by atoms with E-state index in [1.165, 1.54) is 5.56 Å². The Morgan fingerprint density at radius 1 is 1.10 bits per heavy atom. The Bertz CT molecular complexity index is 829. The summed E-state index contributed by atoms with van der Waals surface area (Å²) in [5.74, 6) is 0.724. The quantitative estimate of drug-likeness (QED) is 0.775. The minimum atomic E-state index is -0.307. The van der Waals surface area contributed by atoms with Crippen molar-refractivity contribution in [1.82, 2.24) is 4.90 Å². The van der Waals surface area contributed by atoms with Gasteiger partial charge < -0.3 is 19.7 Å². The number of hydrogen-bond acceptors (Lipinski definition) is 4. The first-order chi connectivity index (χ1) is 14.1. The predicted molar refractivity (Wildman–Crippen MR) is 112 cm³/mol. The van der Waals surface area contributed by atoms with Gasteiger partial charge >= 0.3 is 0 Å². The van der Waals surface area contributed by atoms with Gasteiger partial charge in [-0.05, 0) is 42.2 Å². The van der Waals surface area contributed by atoms with Crippen LogP contribution in [0.15, 0.2) is 48.5 Å². The standard InChI is InChI=1S/C23H28N2O4/c1-3-17(2)18-8-10-19(11-9-18)29-16-22(26)24-21-7-5-4-6-20(21)23(27)25-12-14-28-15-13-25/h4-11,17H,3,12-16H2,1-2H3,(H,24,26)/t17-/m0/s1. The van der Waals surface area contributed by atoms with Gasteiger partial charge in [0.25, 0.3) is 11.8 Å². The molecule has 0 aliphatic carbocycles. The zero-order valence-corrected chi connectivity index (χ0v) is 17.0. The van der Waals surface area contributed by atoms with E-state index in [0.717, 1.165) is 6.42 Å². The number of nitrogens with one attached hydrogen (secondary N) is 1. The molecule has 0 spiro atoms. The Kier molecular flexibility index (Phi) is 7.25. The first-order valence-electron chi connectivity index (χ1n) is 10.1. The van der Waals surface area contributed by atoms with E-state index in [1.54, 1.807) is 29.2 Å². The SMILES string of the molecule is CC[C@H](C)c1ccc(OCC(=O)Nc2ccccc2C(=O)N2CCOCC2)cc1. The van der Waals surface area contributed by atoms with E-state index < -0.39 is 0 Å². The number of carbonyl (C=O) groups is 2. The van der Waals surface area contributed by atoms with Crippen LogP contribution in [0.3, 0.4) is 0 Å². The Balaban J connectivity index is 1.58. The van der Waals surface area contributed by atoms with E-state index in [2.05, 4.69) is 19.2 Å². The topological polar surface area (TPSA) is 67.9 Å². The van der Waals surface area contributed by atoms with E-state index in [1.807, 2.05) is 24.3 Å². The molecule has 6 nitrogen and oxygen atoms in total. The maximum atomic E-state index is 12.8. The molecule has 1 atom stereocenters. The first kappa shape index (κ1) is 20.9. The van der Waals surface area contributed by atoms with Crippen molar-refractivity contribution in [2.45, 2.75) is 26.2 Å². The molecule has 3 rings (SSSR count). The molecule has 0 radical (unpaired) electrons. The third kappa shape index (κ3) is 5.57. The first-order valence-corrected chi connectivity index (χ1v) is 10.1. The summed E-state index contributed by atoms with van der Waals surface area (Å²) in [4.78, 5) is 26.9. The van der Waals surface area contributed by atoms with Gasteiger partial charge in [-0.15, -0.1) is 0 Å². The van der Waals surface area contributed by atoms with Gasteiger partial charge in [0.1, 0.15) is 5.75 Å². The Morgan fingerprint density at radius 3 is 2.48 bits per heavy atom. The molecule has 0 saturated carbocycles. The van der Waals surface area contributed by atoms with Gasteiger partial charge in [-0.25, -0.2) is 0 Å². The summed E-state index contributed by atoms with van der Waals surface area (Å²) < 4.78 is 10.9. The highest BCUT2D eigenvalue weighted by atomic mass is 16.5. The largest absolute Gasteiger partial charge is 0.484 e. The summed E-state index contributed by atoms with van der Waals surface area (Å²) in [7, 11) is 0. The molecule has 1 aliphatic heterocycles. The Hall–Kier alpha value is -2.86. The van der Waals surface area contributed by atoms with Gasteiger partial charge in [0.05, 0.1) is 24.5 Å². The van der Waals surface area contributed by atoms with Crippen LogP contribution in [0.5, 0.6) is 5.75 Å². The number of hydrogen-bond donors (Lipinski definition) is 1. The lowest BCUT2D eigenvalue weighted by atomic mass is 9.99. The third-order valence-electron chi connectivity index (χ3n) is 5.16. The minimum Gasteiger partial charge on any atom is -0.484 e. The monoisotopic (exact) mass is 396 g/mol. The van der Waals surface area contributed by atoms with E-state index >= 15 is 0 Å². The smallest absolute Gasteiger partial charge is 0.262 e. The molecular weight excluding hydrogens is 368 g/mol. The lowest BCUT2D eigenvalue weighted by molar-refractivity contribution is -0.118. The van der Waals surface area contributed by atoms with Crippen molar-refractivity contribution in [3.05, 3.63) is 59.7 Å². The maximum absolute atomic E-state index is 12.8. The van der Waals surface area contributed by atoms with Gasteiger partial charge in [0.2, 0.25) is 0 Å². The second-order valence-electron chi connectivity index (χ2n) is 7.17. The highest BCUT2D eigenvalue weighted by Gasteiger charge is 2.21. The lowest BCUT2D eigenvalue weighted by Gasteiger charge is -2.27. The summed E-state index contributed by atoms with van der Waals surface area (Å²) in [6.07, 6.45) is 1.07. The van der Waals surface area contributed by atoms with Crippen molar-refractivity contribution < 1.29 is 19.1 Å². The number of benzene rings is 2. The molecule has 1 aliphatic rings. The number of nitrogens with zero attached hydrogens (tertiary/aromatic N) is 1. The fraction of sp³-hybridized carbons (Fsp3) is 0.391. The molecule has 0 aromatic heterocycles. The molecule has 6 heteroatoms. The van der Waals surface area contributed by atoms with Crippen LogP contribution >= 0.6 is 0 Å². The lowest BCUT2D eigenvalue weighted by Crippen LogP contribution is -2.41. The van der Waals surface area contributed by atoms with Gasteiger partial charge in [0.15, 0.2) is 6.61 Å². The van der Waals surface area contributed by atoms with Gasteiger partial charge in [-0.1, -0.05) is 38.1 Å². The summed E-state index contributed by atoms with van der Waals surface area (Å²) in [5, 5.41) is 2.80. The van der Waals surface area contributed by atoms with Crippen LogP contribution in [0.1, 0.15) is 42.1 Å². The number of anilines is 1. The van der Waals surface area contributed by atoms with Crippen molar-refractivity contribution >= 4 is 17.5 Å². The molecule has 154 valence electrons. The van der Waals surface area contributed by atoms with Crippen LogP contribution in [0, 0.1) is 0 Å².